The first kappa shape index (κ1) is 16.1. The maximum Gasteiger partial charge on any atom is 0.273 e. The number of amides is 1. The molecule has 2 saturated heterocycles. The number of piperidine rings is 1. The fourth-order valence-corrected chi connectivity index (χ4v) is 4.52. The van der Waals surface area contributed by atoms with Gasteiger partial charge in [0.05, 0.1) is 5.51 Å². The molecule has 1 amide bonds. The summed E-state index contributed by atoms with van der Waals surface area (Å²) in [5.41, 5.74) is 3.91. The van der Waals surface area contributed by atoms with Gasteiger partial charge in [-0.05, 0) is 43.6 Å². The lowest BCUT2D eigenvalue weighted by Crippen LogP contribution is -2.61. The van der Waals surface area contributed by atoms with Crippen LogP contribution in [0.5, 0.6) is 0 Å². The van der Waals surface area contributed by atoms with E-state index in [0.717, 1.165) is 50.6 Å². The van der Waals surface area contributed by atoms with Gasteiger partial charge in [0.15, 0.2) is 0 Å². The third-order valence-corrected chi connectivity index (χ3v) is 6.02. The second-order valence-electron chi connectivity index (χ2n) is 6.94. The maximum absolute atomic E-state index is 12.3. The van der Waals surface area contributed by atoms with E-state index < -0.39 is 0 Å². The molecule has 0 bridgehead atoms. The van der Waals surface area contributed by atoms with Crippen molar-refractivity contribution in [3.05, 3.63) is 51.4 Å². The van der Waals surface area contributed by atoms with Gasteiger partial charge in [0.2, 0.25) is 0 Å². The van der Waals surface area contributed by atoms with Gasteiger partial charge in [-0.3, -0.25) is 9.69 Å². The lowest BCUT2D eigenvalue weighted by Gasteiger charge is -2.53. The SMILES string of the molecule is O=C(c1cscn1)N1CC2(CCN(Cc3cccc(Cl)c3)CC2)C1. The minimum Gasteiger partial charge on any atom is -0.336 e. The zero-order valence-electron chi connectivity index (χ0n) is 13.4. The highest BCUT2D eigenvalue weighted by atomic mass is 35.5. The standard InChI is InChI=1S/C18H20ClN3OS/c19-15-3-1-2-14(8-15)9-21-6-4-18(5-7-21)11-22(12-18)17(23)16-10-24-13-20-16/h1-3,8,10,13H,4-7,9,11-12H2. The predicted octanol–water partition coefficient (Wildman–Crippen LogP) is 3.53. The summed E-state index contributed by atoms with van der Waals surface area (Å²) in [5.74, 6) is 0.0863. The second kappa shape index (κ2) is 6.47. The maximum atomic E-state index is 12.3. The minimum atomic E-state index is 0.0863. The molecule has 1 aromatic heterocycles. The molecule has 0 N–H and O–H groups in total. The van der Waals surface area contributed by atoms with Gasteiger partial charge >= 0.3 is 0 Å². The predicted molar refractivity (Wildman–Crippen MR) is 96.4 cm³/mol. The van der Waals surface area contributed by atoms with Crippen LogP contribution in [0.3, 0.4) is 0 Å². The molecule has 2 aliphatic rings. The first-order valence-electron chi connectivity index (χ1n) is 8.28. The molecule has 4 nitrogen and oxygen atoms in total. The fraction of sp³-hybridized carbons (Fsp3) is 0.444. The van der Waals surface area contributed by atoms with Crippen molar-refractivity contribution in [1.82, 2.24) is 14.8 Å². The van der Waals surface area contributed by atoms with Crippen molar-refractivity contribution in [2.75, 3.05) is 26.2 Å². The van der Waals surface area contributed by atoms with E-state index in [1.165, 1.54) is 16.9 Å². The van der Waals surface area contributed by atoms with Gasteiger partial charge in [0, 0.05) is 35.5 Å². The van der Waals surface area contributed by atoms with E-state index in [1.807, 2.05) is 28.5 Å². The lowest BCUT2D eigenvalue weighted by atomic mass is 9.72. The molecule has 0 unspecified atom stereocenters. The number of nitrogens with zero attached hydrogens (tertiary/aromatic N) is 3. The van der Waals surface area contributed by atoms with E-state index in [0.29, 0.717) is 11.1 Å². The monoisotopic (exact) mass is 361 g/mol. The molecule has 1 spiro atoms. The fourth-order valence-electron chi connectivity index (χ4n) is 3.78. The Balaban J connectivity index is 1.29. The summed E-state index contributed by atoms with van der Waals surface area (Å²) in [6, 6.07) is 8.10. The van der Waals surface area contributed by atoms with Crippen molar-refractivity contribution >= 4 is 28.8 Å². The molecule has 2 aromatic rings. The number of thiazole rings is 1. The molecule has 2 fully saturated rings. The molecule has 126 valence electrons. The number of rotatable bonds is 3. The third kappa shape index (κ3) is 3.21. The molecular weight excluding hydrogens is 342 g/mol. The largest absolute Gasteiger partial charge is 0.336 e. The average molecular weight is 362 g/mol. The smallest absolute Gasteiger partial charge is 0.273 e. The summed E-state index contributed by atoms with van der Waals surface area (Å²) in [6.07, 6.45) is 2.32. The highest BCUT2D eigenvalue weighted by Gasteiger charge is 2.46. The van der Waals surface area contributed by atoms with Gasteiger partial charge in [0.25, 0.3) is 5.91 Å². The van der Waals surface area contributed by atoms with Crippen molar-refractivity contribution in [3.8, 4) is 0 Å². The van der Waals surface area contributed by atoms with E-state index in [4.69, 9.17) is 11.6 Å². The Morgan fingerprint density at radius 2 is 2.08 bits per heavy atom. The molecule has 0 radical (unpaired) electrons. The van der Waals surface area contributed by atoms with Crippen LogP contribution in [0.1, 0.15) is 28.9 Å². The summed E-state index contributed by atoms with van der Waals surface area (Å²) in [5, 5.41) is 2.64. The van der Waals surface area contributed by atoms with Crippen LogP contribution in [0.15, 0.2) is 35.2 Å². The van der Waals surface area contributed by atoms with E-state index >= 15 is 0 Å². The van der Waals surface area contributed by atoms with E-state index in [-0.39, 0.29) is 5.91 Å². The van der Waals surface area contributed by atoms with Gasteiger partial charge in [0.1, 0.15) is 5.69 Å². The Morgan fingerprint density at radius 3 is 2.75 bits per heavy atom. The number of benzene rings is 1. The normalized spacial score (nSPS) is 20.1. The Hall–Kier alpha value is -1.43. The number of carbonyl (C=O) groups excluding carboxylic acids is 1. The van der Waals surface area contributed by atoms with Crippen molar-refractivity contribution in [2.24, 2.45) is 5.41 Å². The van der Waals surface area contributed by atoms with Crippen LogP contribution in [-0.4, -0.2) is 46.9 Å². The number of hydrogen-bond donors (Lipinski definition) is 0. The van der Waals surface area contributed by atoms with Gasteiger partial charge in [-0.1, -0.05) is 23.7 Å². The molecule has 0 atom stereocenters. The topological polar surface area (TPSA) is 36.4 Å². The molecule has 0 saturated carbocycles. The van der Waals surface area contributed by atoms with Crippen molar-refractivity contribution in [1.29, 1.82) is 0 Å². The molecule has 0 aliphatic carbocycles. The molecule has 6 heteroatoms. The summed E-state index contributed by atoms with van der Waals surface area (Å²) in [4.78, 5) is 20.9. The Labute approximate surface area is 151 Å². The molecular formula is C18H20ClN3OS. The van der Waals surface area contributed by atoms with Crippen molar-refractivity contribution in [2.45, 2.75) is 19.4 Å². The molecule has 3 heterocycles. The third-order valence-electron chi connectivity index (χ3n) is 5.20. The molecule has 2 aliphatic heterocycles. The quantitative estimate of drug-likeness (QED) is 0.839. The van der Waals surface area contributed by atoms with Gasteiger partial charge in [-0.15, -0.1) is 11.3 Å². The first-order chi connectivity index (χ1) is 11.6. The Kier molecular flexibility index (Phi) is 4.33. The zero-order chi connectivity index (χ0) is 16.6. The number of halogens is 1. The van der Waals surface area contributed by atoms with E-state index in [1.54, 1.807) is 5.51 Å². The van der Waals surface area contributed by atoms with Gasteiger partial charge in [-0.25, -0.2) is 4.98 Å². The highest BCUT2D eigenvalue weighted by Crippen LogP contribution is 2.41. The number of carbonyl (C=O) groups is 1. The van der Waals surface area contributed by atoms with Crippen LogP contribution in [0.25, 0.3) is 0 Å². The Bertz CT molecular complexity index is 718. The van der Waals surface area contributed by atoms with Crippen LogP contribution in [-0.2, 0) is 6.54 Å². The number of likely N-dealkylation sites (tertiary alicyclic amines) is 2. The van der Waals surface area contributed by atoms with Gasteiger partial charge in [-0.2, -0.15) is 0 Å². The highest BCUT2D eigenvalue weighted by molar-refractivity contribution is 7.07. The summed E-state index contributed by atoms with van der Waals surface area (Å²) in [6.45, 7) is 4.90. The number of hydrogen-bond acceptors (Lipinski definition) is 4. The summed E-state index contributed by atoms with van der Waals surface area (Å²) < 4.78 is 0. The van der Waals surface area contributed by atoms with Crippen LogP contribution in [0.4, 0.5) is 0 Å². The van der Waals surface area contributed by atoms with Crippen LogP contribution >= 0.6 is 22.9 Å². The molecule has 4 rings (SSSR count). The van der Waals surface area contributed by atoms with Crippen LogP contribution in [0.2, 0.25) is 5.02 Å². The second-order valence-corrected chi connectivity index (χ2v) is 8.10. The molecule has 1 aromatic carbocycles. The first-order valence-corrected chi connectivity index (χ1v) is 9.60. The van der Waals surface area contributed by atoms with E-state index in [2.05, 4.69) is 16.0 Å². The summed E-state index contributed by atoms with van der Waals surface area (Å²) >= 11 is 7.54. The van der Waals surface area contributed by atoms with Crippen molar-refractivity contribution in [3.63, 3.8) is 0 Å². The van der Waals surface area contributed by atoms with Crippen LogP contribution in [0, 0.1) is 5.41 Å². The van der Waals surface area contributed by atoms with E-state index in [9.17, 15) is 4.79 Å². The van der Waals surface area contributed by atoms with Gasteiger partial charge < -0.3 is 4.90 Å². The lowest BCUT2D eigenvalue weighted by molar-refractivity contribution is -0.0338. The van der Waals surface area contributed by atoms with Crippen molar-refractivity contribution < 1.29 is 4.79 Å². The summed E-state index contributed by atoms with van der Waals surface area (Å²) in [7, 11) is 0. The zero-order valence-corrected chi connectivity index (χ0v) is 15.0. The minimum absolute atomic E-state index is 0.0863. The average Bonchev–Trinajstić information content (AvgIpc) is 3.07. The van der Waals surface area contributed by atoms with Crippen LogP contribution < -0.4 is 0 Å². The Morgan fingerprint density at radius 1 is 1.29 bits per heavy atom. The molecule has 24 heavy (non-hydrogen) atoms. The number of aromatic nitrogens is 1.